The summed E-state index contributed by atoms with van der Waals surface area (Å²) in [6, 6.07) is 5.62. The van der Waals surface area contributed by atoms with Gasteiger partial charge in [-0.25, -0.2) is 0 Å². The van der Waals surface area contributed by atoms with E-state index < -0.39 is 5.54 Å². The molecule has 1 atom stereocenters. The van der Waals surface area contributed by atoms with E-state index in [1.165, 1.54) is 0 Å². The van der Waals surface area contributed by atoms with Crippen LogP contribution in [0.3, 0.4) is 0 Å². The maximum Gasteiger partial charge on any atom is 0.258 e. The summed E-state index contributed by atoms with van der Waals surface area (Å²) in [5.41, 5.74) is 6.47. The highest BCUT2D eigenvalue weighted by atomic mass is 16.5. The molecule has 1 rings (SSSR count). The topological polar surface area (TPSA) is 73.6 Å². The SMILES string of the molecule is C=CCc1ccc(OCC(=O)NC(C)(CN)CC(C)C)c(OC)c1. The molecule has 1 aromatic carbocycles. The molecule has 0 saturated heterocycles. The first kappa shape index (κ1) is 20.0. The summed E-state index contributed by atoms with van der Waals surface area (Å²) in [6.07, 6.45) is 3.39. The van der Waals surface area contributed by atoms with Gasteiger partial charge in [0.05, 0.1) is 7.11 Å². The highest BCUT2D eigenvalue weighted by Gasteiger charge is 2.26. The lowest BCUT2D eigenvalue weighted by Gasteiger charge is -2.31. The van der Waals surface area contributed by atoms with Crippen LogP contribution in [0.25, 0.3) is 0 Å². The summed E-state index contributed by atoms with van der Waals surface area (Å²) in [6.45, 7) is 10.2. The lowest BCUT2D eigenvalue weighted by molar-refractivity contribution is -0.125. The van der Waals surface area contributed by atoms with Crippen LogP contribution in [-0.2, 0) is 11.2 Å². The minimum absolute atomic E-state index is 0.0785. The zero-order chi connectivity index (χ0) is 18.2. The van der Waals surface area contributed by atoms with Gasteiger partial charge in [-0.2, -0.15) is 0 Å². The number of nitrogens with one attached hydrogen (secondary N) is 1. The zero-order valence-corrected chi connectivity index (χ0v) is 15.2. The number of hydrogen-bond acceptors (Lipinski definition) is 4. The van der Waals surface area contributed by atoms with Gasteiger partial charge < -0.3 is 20.5 Å². The molecule has 0 radical (unpaired) electrons. The lowest BCUT2D eigenvalue weighted by Crippen LogP contribution is -2.53. The molecule has 24 heavy (non-hydrogen) atoms. The first-order valence-corrected chi connectivity index (χ1v) is 8.25. The molecule has 0 aliphatic carbocycles. The Labute approximate surface area is 145 Å². The number of hydrogen-bond donors (Lipinski definition) is 2. The van der Waals surface area contributed by atoms with Crippen molar-refractivity contribution in [2.24, 2.45) is 11.7 Å². The van der Waals surface area contributed by atoms with E-state index in [0.29, 0.717) is 24.0 Å². The van der Waals surface area contributed by atoms with Crippen molar-refractivity contribution in [1.29, 1.82) is 0 Å². The van der Waals surface area contributed by atoms with Crippen molar-refractivity contribution in [3.8, 4) is 11.5 Å². The molecule has 0 aliphatic rings. The molecule has 1 unspecified atom stereocenters. The van der Waals surface area contributed by atoms with Crippen molar-refractivity contribution in [3.63, 3.8) is 0 Å². The Morgan fingerprint density at radius 1 is 1.42 bits per heavy atom. The second-order valence-electron chi connectivity index (χ2n) is 6.68. The zero-order valence-electron chi connectivity index (χ0n) is 15.2. The molecule has 3 N–H and O–H groups in total. The van der Waals surface area contributed by atoms with Gasteiger partial charge >= 0.3 is 0 Å². The molecule has 0 fully saturated rings. The van der Waals surface area contributed by atoms with Crippen LogP contribution in [-0.4, -0.2) is 31.7 Å². The molecule has 134 valence electrons. The van der Waals surface area contributed by atoms with Gasteiger partial charge in [-0.15, -0.1) is 6.58 Å². The predicted octanol–water partition coefficient (Wildman–Crippen LogP) is 2.68. The van der Waals surface area contributed by atoms with E-state index in [4.69, 9.17) is 15.2 Å². The molecular formula is C19H30N2O3. The maximum absolute atomic E-state index is 12.2. The number of benzene rings is 1. The van der Waals surface area contributed by atoms with Gasteiger partial charge in [0.15, 0.2) is 18.1 Å². The van der Waals surface area contributed by atoms with Gasteiger partial charge in [0.2, 0.25) is 0 Å². The number of allylic oxidation sites excluding steroid dienone is 1. The number of methoxy groups -OCH3 is 1. The van der Waals surface area contributed by atoms with Crippen molar-refractivity contribution in [2.45, 2.75) is 39.2 Å². The number of ether oxygens (including phenoxy) is 2. The minimum atomic E-state index is -0.424. The van der Waals surface area contributed by atoms with E-state index >= 15 is 0 Å². The van der Waals surface area contributed by atoms with E-state index in [0.717, 1.165) is 18.4 Å². The first-order chi connectivity index (χ1) is 11.3. The average molecular weight is 334 g/mol. The van der Waals surface area contributed by atoms with Crippen molar-refractivity contribution in [3.05, 3.63) is 36.4 Å². The molecule has 5 heteroatoms. The second kappa shape index (κ2) is 9.33. The molecule has 0 aliphatic heterocycles. The fourth-order valence-corrected chi connectivity index (χ4v) is 2.73. The van der Waals surface area contributed by atoms with E-state index in [1.807, 2.05) is 25.1 Å². The van der Waals surface area contributed by atoms with Gasteiger partial charge in [0.1, 0.15) is 0 Å². The Balaban J connectivity index is 2.68. The van der Waals surface area contributed by atoms with Gasteiger partial charge in [0, 0.05) is 12.1 Å². The van der Waals surface area contributed by atoms with E-state index in [2.05, 4.69) is 25.7 Å². The van der Waals surface area contributed by atoms with Crippen LogP contribution in [0.2, 0.25) is 0 Å². The summed E-state index contributed by atoms with van der Waals surface area (Å²) in [7, 11) is 1.58. The van der Waals surface area contributed by atoms with Crippen molar-refractivity contribution >= 4 is 5.91 Å². The van der Waals surface area contributed by atoms with Crippen LogP contribution in [0.1, 0.15) is 32.8 Å². The fourth-order valence-electron chi connectivity index (χ4n) is 2.73. The minimum Gasteiger partial charge on any atom is -0.493 e. The highest BCUT2D eigenvalue weighted by Crippen LogP contribution is 2.28. The largest absolute Gasteiger partial charge is 0.493 e. The van der Waals surface area contributed by atoms with Gasteiger partial charge in [-0.3, -0.25) is 4.79 Å². The van der Waals surface area contributed by atoms with Gasteiger partial charge in [0.25, 0.3) is 5.91 Å². The summed E-state index contributed by atoms with van der Waals surface area (Å²) < 4.78 is 10.9. The molecular weight excluding hydrogens is 304 g/mol. The summed E-state index contributed by atoms with van der Waals surface area (Å²) in [5, 5.41) is 2.97. The van der Waals surface area contributed by atoms with Crippen LogP contribution in [0.4, 0.5) is 0 Å². The Morgan fingerprint density at radius 2 is 2.12 bits per heavy atom. The Morgan fingerprint density at radius 3 is 2.67 bits per heavy atom. The Kier molecular flexibility index (Phi) is 7.79. The first-order valence-electron chi connectivity index (χ1n) is 8.25. The molecule has 0 spiro atoms. The number of carbonyl (C=O) groups excluding carboxylic acids is 1. The maximum atomic E-state index is 12.2. The summed E-state index contributed by atoms with van der Waals surface area (Å²) in [4.78, 5) is 12.2. The van der Waals surface area contributed by atoms with Crippen molar-refractivity contribution < 1.29 is 14.3 Å². The van der Waals surface area contributed by atoms with Gasteiger partial charge in [-0.05, 0) is 43.4 Å². The fraction of sp³-hybridized carbons (Fsp3) is 0.526. The Hall–Kier alpha value is -2.01. The number of carbonyl (C=O) groups is 1. The molecule has 0 saturated carbocycles. The lowest BCUT2D eigenvalue weighted by atomic mass is 9.91. The second-order valence-corrected chi connectivity index (χ2v) is 6.68. The average Bonchev–Trinajstić information content (AvgIpc) is 2.53. The summed E-state index contributed by atoms with van der Waals surface area (Å²) in [5.74, 6) is 1.39. The molecule has 1 aromatic rings. The highest BCUT2D eigenvalue weighted by molar-refractivity contribution is 5.78. The third-order valence-corrected chi connectivity index (χ3v) is 3.72. The van der Waals surface area contributed by atoms with Crippen molar-refractivity contribution in [2.75, 3.05) is 20.3 Å². The number of amides is 1. The molecule has 0 aromatic heterocycles. The molecule has 1 amide bonds. The predicted molar refractivity (Wildman–Crippen MR) is 97.4 cm³/mol. The third kappa shape index (κ3) is 6.24. The number of nitrogens with two attached hydrogens (primary N) is 1. The van der Waals surface area contributed by atoms with Crippen LogP contribution in [0.5, 0.6) is 11.5 Å². The monoisotopic (exact) mass is 334 g/mol. The van der Waals surface area contributed by atoms with Crippen molar-refractivity contribution in [1.82, 2.24) is 5.32 Å². The number of rotatable bonds is 10. The van der Waals surface area contributed by atoms with E-state index in [9.17, 15) is 4.79 Å². The van der Waals surface area contributed by atoms with E-state index in [1.54, 1.807) is 13.2 Å². The van der Waals surface area contributed by atoms with E-state index in [-0.39, 0.29) is 12.5 Å². The summed E-state index contributed by atoms with van der Waals surface area (Å²) >= 11 is 0. The molecule has 5 nitrogen and oxygen atoms in total. The van der Waals surface area contributed by atoms with Crippen LogP contribution in [0, 0.1) is 5.92 Å². The molecule has 0 heterocycles. The molecule has 0 bridgehead atoms. The van der Waals surface area contributed by atoms with Crippen LogP contribution < -0.4 is 20.5 Å². The smallest absolute Gasteiger partial charge is 0.258 e. The standard InChI is InChI=1S/C19H30N2O3/c1-6-7-15-8-9-16(17(10-15)23-5)24-12-18(22)21-19(4,13-20)11-14(2)3/h6,8-10,14H,1,7,11-13,20H2,2-5H3,(H,21,22). The Bertz CT molecular complexity index is 558. The third-order valence-electron chi connectivity index (χ3n) is 3.72. The van der Waals surface area contributed by atoms with Gasteiger partial charge in [-0.1, -0.05) is 26.0 Å². The quantitative estimate of drug-likeness (QED) is 0.645. The van der Waals surface area contributed by atoms with Crippen LogP contribution in [0.15, 0.2) is 30.9 Å². The normalized spacial score (nSPS) is 13.2. The van der Waals surface area contributed by atoms with Crippen LogP contribution >= 0.6 is 0 Å².